The van der Waals surface area contributed by atoms with Crippen LogP contribution in [0.15, 0.2) is 22.3 Å². The van der Waals surface area contributed by atoms with Gasteiger partial charge in [-0.2, -0.15) is 9.36 Å². The van der Waals surface area contributed by atoms with Gasteiger partial charge in [0.1, 0.15) is 11.7 Å². The van der Waals surface area contributed by atoms with Crippen molar-refractivity contribution in [2.45, 2.75) is 19.6 Å². The van der Waals surface area contributed by atoms with Gasteiger partial charge >= 0.3 is 5.69 Å². The van der Waals surface area contributed by atoms with Crippen LogP contribution in [0, 0.1) is 0 Å². The summed E-state index contributed by atoms with van der Waals surface area (Å²) in [5.74, 6) is 0. The zero-order valence-electron chi connectivity index (χ0n) is 10.6. The van der Waals surface area contributed by atoms with E-state index in [-0.39, 0.29) is 11.7 Å². The Balaban J connectivity index is 1.81. The van der Waals surface area contributed by atoms with Gasteiger partial charge in [0.25, 0.3) is 0 Å². The van der Waals surface area contributed by atoms with E-state index in [2.05, 4.69) is 22.3 Å². The lowest BCUT2D eigenvalue weighted by molar-refractivity contribution is -0.0181. The van der Waals surface area contributed by atoms with Crippen LogP contribution in [0.1, 0.15) is 6.92 Å². The molecule has 7 nitrogen and oxygen atoms in total. The topological polar surface area (TPSA) is 65.2 Å². The van der Waals surface area contributed by atoms with E-state index in [1.807, 2.05) is 17.5 Å². The normalized spacial score (nSPS) is 20.8. The van der Waals surface area contributed by atoms with Crippen LogP contribution in [0.2, 0.25) is 0 Å². The van der Waals surface area contributed by atoms with E-state index in [0.717, 1.165) is 11.5 Å². The molecule has 0 amide bonds. The molecule has 1 aliphatic rings. The summed E-state index contributed by atoms with van der Waals surface area (Å²) in [5.41, 5.74) is -0.207. The highest BCUT2D eigenvalue weighted by Gasteiger charge is 2.21. The fraction of sp³-hybridized carbons (Fsp3) is 0.545. The van der Waals surface area contributed by atoms with Crippen LogP contribution >= 0.6 is 11.3 Å². The zero-order chi connectivity index (χ0) is 13.2. The summed E-state index contributed by atoms with van der Waals surface area (Å²) in [7, 11) is 0. The molecule has 102 valence electrons. The molecule has 2 aromatic rings. The Morgan fingerprint density at radius 2 is 2.42 bits per heavy atom. The van der Waals surface area contributed by atoms with E-state index in [4.69, 9.17) is 4.74 Å². The molecule has 19 heavy (non-hydrogen) atoms. The minimum atomic E-state index is -0.207. The molecule has 1 aliphatic heterocycles. The number of ether oxygens (including phenoxy) is 1. The Hall–Kier alpha value is -1.51. The second-order valence-corrected chi connectivity index (χ2v) is 5.43. The molecule has 0 spiro atoms. The van der Waals surface area contributed by atoms with E-state index < -0.39 is 0 Å². The quantitative estimate of drug-likeness (QED) is 0.802. The van der Waals surface area contributed by atoms with E-state index in [0.29, 0.717) is 19.9 Å². The third-order valence-electron chi connectivity index (χ3n) is 3.18. The van der Waals surface area contributed by atoms with E-state index in [9.17, 15) is 4.79 Å². The van der Waals surface area contributed by atoms with Crippen molar-refractivity contribution in [1.29, 1.82) is 0 Å². The second-order valence-electron chi connectivity index (χ2n) is 4.50. The van der Waals surface area contributed by atoms with Gasteiger partial charge in [0.15, 0.2) is 0 Å². The number of nitrogens with zero attached hydrogens (tertiary/aromatic N) is 5. The van der Waals surface area contributed by atoms with Crippen LogP contribution in [-0.2, 0) is 11.4 Å². The predicted molar refractivity (Wildman–Crippen MR) is 70.5 cm³/mol. The maximum absolute atomic E-state index is 12.2. The summed E-state index contributed by atoms with van der Waals surface area (Å²) >= 11 is 1.46. The minimum Gasteiger partial charge on any atom is -0.379 e. The molecule has 0 N–H and O–H groups in total. The first-order chi connectivity index (χ1) is 9.25. The fourth-order valence-electron chi connectivity index (χ4n) is 2.04. The summed E-state index contributed by atoms with van der Waals surface area (Å²) in [6.07, 6.45) is 0. The summed E-state index contributed by atoms with van der Waals surface area (Å²) in [4.78, 5) is 14.4. The van der Waals surface area contributed by atoms with Gasteiger partial charge in [0, 0.05) is 12.6 Å². The van der Waals surface area contributed by atoms with Crippen LogP contribution in [0.3, 0.4) is 0 Å². The molecule has 2 aromatic heterocycles. The smallest absolute Gasteiger partial charge is 0.370 e. The number of hydrogen-bond acceptors (Lipinski definition) is 6. The largest absolute Gasteiger partial charge is 0.379 e. The average Bonchev–Trinajstić information content (AvgIpc) is 3.03. The fourth-order valence-corrected chi connectivity index (χ4v) is 2.70. The monoisotopic (exact) mass is 281 g/mol. The van der Waals surface area contributed by atoms with Gasteiger partial charge in [0.05, 0.1) is 13.2 Å². The minimum absolute atomic E-state index is 0.207. The van der Waals surface area contributed by atoms with Crippen molar-refractivity contribution in [2.24, 2.45) is 0 Å². The number of aromatic nitrogens is 4. The summed E-state index contributed by atoms with van der Waals surface area (Å²) < 4.78 is 8.09. The molecule has 8 heteroatoms. The van der Waals surface area contributed by atoms with Crippen LogP contribution in [0.5, 0.6) is 0 Å². The Morgan fingerprint density at radius 1 is 1.53 bits per heavy atom. The van der Waals surface area contributed by atoms with Crippen LogP contribution in [0.4, 0.5) is 0 Å². The summed E-state index contributed by atoms with van der Waals surface area (Å²) in [5, 5.41) is 10.6. The molecule has 1 atom stereocenters. The highest BCUT2D eigenvalue weighted by Crippen LogP contribution is 2.11. The van der Waals surface area contributed by atoms with Crippen LogP contribution in [0.25, 0.3) is 5.00 Å². The number of morpholine rings is 1. The number of rotatable bonds is 3. The molecule has 1 fully saturated rings. The van der Waals surface area contributed by atoms with Crippen LogP contribution in [-0.4, -0.2) is 50.5 Å². The van der Waals surface area contributed by atoms with E-state index in [1.54, 1.807) is 0 Å². The molecule has 0 aliphatic carbocycles. The van der Waals surface area contributed by atoms with E-state index >= 15 is 0 Å². The highest BCUT2D eigenvalue weighted by molar-refractivity contribution is 7.12. The molecule has 1 saturated heterocycles. The van der Waals surface area contributed by atoms with Crippen molar-refractivity contribution < 1.29 is 4.74 Å². The Labute approximate surface area is 114 Å². The first kappa shape index (κ1) is 12.5. The first-order valence-electron chi connectivity index (χ1n) is 6.14. The molecular formula is C11H15N5O2S. The van der Waals surface area contributed by atoms with Crippen molar-refractivity contribution >= 4 is 11.3 Å². The van der Waals surface area contributed by atoms with Gasteiger partial charge in [-0.25, -0.2) is 4.79 Å². The molecule has 0 bridgehead atoms. The number of thiophene rings is 1. The first-order valence-corrected chi connectivity index (χ1v) is 7.02. The van der Waals surface area contributed by atoms with Crippen molar-refractivity contribution in [3.8, 4) is 5.00 Å². The Kier molecular flexibility index (Phi) is 3.45. The van der Waals surface area contributed by atoms with Crippen molar-refractivity contribution in [3.05, 3.63) is 28.0 Å². The van der Waals surface area contributed by atoms with Gasteiger partial charge in [-0.3, -0.25) is 4.90 Å². The van der Waals surface area contributed by atoms with Crippen molar-refractivity contribution in [1.82, 2.24) is 24.7 Å². The van der Waals surface area contributed by atoms with Gasteiger partial charge < -0.3 is 4.74 Å². The molecule has 0 aromatic carbocycles. The molecule has 0 saturated carbocycles. The predicted octanol–water partition coefficient (Wildman–Crippen LogP) is 0.169. The molecule has 3 rings (SSSR count). The third-order valence-corrected chi connectivity index (χ3v) is 4.02. The molecule has 0 radical (unpaired) electrons. The Bertz CT molecular complexity index is 591. The third kappa shape index (κ3) is 2.46. The number of tetrazole rings is 1. The second kappa shape index (κ2) is 5.24. The Morgan fingerprint density at radius 3 is 3.16 bits per heavy atom. The summed E-state index contributed by atoms with van der Waals surface area (Å²) in [6.45, 7) is 4.72. The average molecular weight is 281 g/mol. The van der Waals surface area contributed by atoms with Gasteiger partial charge in [-0.15, -0.1) is 11.3 Å². The van der Waals surface area contributed by atoms with Gasteiger partial charge in [0.2, 0.25) is 0 Å². The molecule has 0 unspecified atom stereocenters. The molecular weight excluding hydrogens is 266 g/mol. The van der Waals surface area contributed by atoms with Gasteiger partial charge in [-0.05, 0) is 34.9 Å². The zero-order valence-corrected chi connectivity index (χ0v) is 11.4. The van der Waals surface area contributed by atoms with E-state index in [1.165, 1.54) is 20.7 Å². The SMILES string of the molecule is C[C@@H]1COCCN1Cn1nnn(-c2cccs2)c1=O. The number of hydrogen-bond donors (Lipinski definition) is 0. The maximum Gasteiger partial charge on any atom is 0.370 e. The highest BCUT2D eigenvalue weighted by atomic mass is 32.1. The lowest BCUT2D eigenvalue weighted by Crippen LogP contribution is -2.46. The van der Waals surface area contributed by atoms with Crippen molar-refractivity contribution in [3.63, 3.8) is 0 Å². The standard InChI is InChI=1S/C11H15N5O2S/c1-9-7-18-5-4-14(9)8-15-11(17)16(13-12-15)10-3-2-6-19-10/h2-3,6,9H,4-5,7-8H2,1H3/t9-/m1/s1. The molecule has 3 heterocycles. The summed E-state index contributed by atoms with van der Waals surface area (Å²) in [6, 6.07) is 4.02. The van der Waals surface area contributed by atoms with Crippen molar-refractivity contribution in [2.75, 3.05) is 19.8 Å². The lowest BCUT2D eigenvalue weighted by atomic mass is 10.3. The lowest BCUT2D eigenvalue weighted by Gasteiger charge is -2.32. The van der Waals surface area contributed by atoms with Gasteiger partial charge in [-0.1, -0.05) is 0 Å². The maximum atomic E-state index is 12.2. The van der Waals surface area contributed by atoms with Crippen LogP contribution < -0.4 is 5.69 Å².